The van der Waals surface area contributed by atoms with Crippen LogP contribution < -0.4 is 10.1 Å². The van der Waals surface area contributed by atoms with Gasteiger partial charge in [0.15, 0.2) is 5.75 Å². The summed E-state index contributed by atoms with van der Waals surface area (Å²) >= 11 is 5.73. The average molecular weight is 271 g/mol. The van der Waals surface area contributed by atoms with Gasteiger partial charge in [0.25, 0.3) is 0 Å². The number of hydrogen-bond acceptors (Lipinski definition) is 5. The van der Waals surface area contributed by atoms with Gasteiger partial charge in [-0.15, -0.1) is 0 Å². The minimum absolute atomic E-state index is 0.0846. The van der Waals surface area contributed by atoms with E-state index in [0.717, 1.165) is 5.69 Å². The van der Waals surface area contributed by atoms with Gasteiger partial charge in [0.05, 0.1) is 11.4 Å². The first-order chi connectivity index (χ1) is 9.28. The molecule has 0 fully saturated rings. The van der Waals surface area contributed by atoms with Crippen LogP contribution in [-0.4, -0.2) is 9.97 Å². The third-order valence-electron chi connectivity index (χ3n) is 2.57. The topological polar surface area (TPSA) is 70.8 Å². The largest absolute Gasteiger partial charge is 0.437 e. The zero-order valence-corrected chi connectivity index (χ0v) is 10.3. The van der Waals surface area contributed by atoms with Gasteiger partial charge in [-0.3, -0.25) is 0 Å². The highest BCUT2D eigenvalue weighted by atomic mass is 35.5. The normalized spacial score (nSPS) is 14.9. The number of nitrogens with one attached hydrogen (secondary N) is 1. The summed E-state index contributed by atoms with van der Waals surface area (Å²) in [4.78, 5) is 7.79. The van der Waals surface area contributed by atoms with Gasteiger partial charge in [0, 0.05) is 6.20 Å². The fourth-order valence-electron chi connectivity index (χ4n) is 1.73. The second-order valence-electron chi connectivity index (χ2n) is 3.75. The van der Waals surface area contributed by atoms with Crippen LogP contribution >= 0.6 is 11.6 Å². The van der Waals surface area contributed by atoms with E-state index >= 15 is 0 Å². The molecule has 2 aromatic rings. The summed E-state index contributed by atoms with van der Waals surface area (Å²) in [5.74, 6) is 1.02. The van der Waals surface area contributed by atoms with Crippen molar-refractivity contribution in [3.63, 3.8) is 0 Å². The first-order valence-electron chi connectivity index (χ1n) is 5.45. The number of allylic oxidation sites excluding steroid dienone is 1. The smallest absolute Gasteiger partial charge is 0.222 e. The Morgan fingerprint density at radius 2 is 2.16 bits per heavy atom. The average Bonchev–Trinajstić information content (AvgIpc) is 2.83. The van der Waals surface area contributed by atoms with Crippen LogP contribution in [0.15, 0.2) is 42.4 Å². The van der Waals surface area contributed by atoms with Crippen LogP contribution in [0.1, 0.15) is 5.69 Å². The Morgan fingerprint density at radius 1 is 1.32 bits per heavy atom. The molecule has 5 nitrogen and oxygen atoms in total. The van der Waals surface area contributed by atoms with Gasteiger partial charge in [0.1, 0.15) is 11.6 Å². The summed E-state index contributed by atoms with van der Waals surface area (Å²) in [6, 6.07) is 11.1. The molecule has 0 unspecified atom stereocenters. The van der Waals surface area contributed by atoms with Crippen LogP contribution in [0.5, 0.6) is 5.75 Å². The predicted molar refractivity (Wildman–Crippen MR) is 70.3 cm³/mol. The molecule has 1 aromatic carbocycles. The van der Waals surface area contributed by atoms with Crippen molar-refractivity contribution in [2.45, 2.75) is 0 Å². The highest BCUT2D eigenvalue weighted by Crippen LogP contribution is 2.35. The van der Waals surface area contributed by atoms with Crippen molar-refractivity contribution in [2.24, 2.45) is 0 Å². The van der Waals surface area contributed by atoms with Gasteiger partial charge in [0.2, 0.25) is 11.2 Å². The van der Waals surface area contributed by atoms with Crippen LogP contribution in [0.2, 0.25) is 5.28 Å². The number of anilines is 1. The van der Waals surface area contributed by atoms with Gasteiger partial charge in [-0.05, 0) is 29.8 Å². The number of ether oxygens (including phenoxy) is 1. The molecule has 1 aliphatic rings. The molecule has 19 heavy (non-hydrogen) atoms. The van der Waals surface area contributed by atoms with Crippen LogP contribution in [0.3, 0.4) is 0 Å². The van der Waals surface area contributed by atoms with E-state index in [1.54, 1.807) is 6.07 Å². The number of nitrogens with zero attached hydrogens (tertiary/aromatic N) is 3. The minimum atomic E-state index is 0.0846. The van der Waals surface area contributed by atoms with E-state index < -0.39 is 0 Å². The number of fused-ring (bicyclic) bond motifs is 1. The predicted octanol–water partition coefficient (Wildman–Crippen LogP) is 2.83. The Kier molecular flexibility index (Phi) is 2.78. The molecule has 0 amide bonds. The maximum Gasteiger partial charge on any atom is 0.222 e. The van der Waals surface area contributed by atoms with Gasteiger partial charge in [-0.1, -0.05) is 12.1 Å². The second-order valence-corrected chi connectivity index (χ2v) is 4.09. The van der Waals surface area contributed by atoms with Gasteiger partial charge in [-0.25, -0.2) is 9.97 Å². The van der Waals surface area contributed by atoms with E-state index in [-0.39, 0.29) is 10.9 Å². The number of rotatable bonds is 1. The summed E-state index contributed by atoms with van der Waals surface area (Å²) < 4.78 is 5.60. The van der Waals surface area contributed by atoms with Gasteiger partial charge in [-0.2, -0.15) is 5.26 Å². The molecular formula is C13H7ClN4O. The standard InChI is InChI=1S/C13H7ClN4O/c14-13-16-6-5-9(18-13)8(7-15)12-17-10-3-1-2-4-11(10)19-12/h1-6,17H. The molecule has 0 bridgehead atoms. The molecule has 0 saturated heterocycles. The molecule has 2 heterocycles. The summed E-state index contributed by atoms with van der Waals surface area (Å²) in [5.41, 5.74) is 1.50. The van der Waals surface area contributed by atoms with Crippen LogP contribution in [0, 0.1) is 11.3 Å². The number of benzene rings is 1. The second kappa shape index (κ2) is 4.59. The molecule has 0 aliphatic carbocycles. The number of aromatic nitrogens is 2. The van der Waals surface area contributed by atoms with E-state index in [2.05, 4.69) is 21.4 Å². The van der Waals surface area contributed by atoms with Crippen molar-refractivity contribution in [1.29, 1.82) is 5.26 Å². The summed E-state index contributed by atoms with van der Waals surface area (Å²) in [6.45, 7) is 0. The Bertz CT molecular complexity index is 694. The lowest BCUT2D eigenvalue weighted by molar-refractivity contribution is 0.460. The molecule has 3 rings (SSSR count). The number of nitriles is 1. The number of hydrogen-bond donors (Lipinski definition) is 1. The third-order valence-corrected chi connectivity index (χ3v) is 2.75. The third kappa shape index (κ3) is 2.09. The molecule has 1 aromatic heterocycles. The van der Waals surface area contributed by atoms with Crippen LogP contribution in [0.4, 0.5) is 5.69 Å². The quantitative estimate of drug-likeness (QED) is 0.637. The van der Waals surface area contributed by atoms with E-state index in [1.807, 2.05) is 24.3 Å². The van der Waals surface area contributed by atoms with E-state index in [4.69, 9.17) is 16.3 Å². The van der Waals surface area contributed by atoms with Crippen molar-refractivity contribution in [3.05, 3.63) is 53.4 Å². The maximum absolute atomic E-state index is 9.28. The summed E-state index contributed by atoms with van der Waals surface area (Å²) in [7, 11) is 0. The van der Waals surface area contributed by atoms with Crippen LogP contribution in [-0.2, 0) is 0 Å². The molecule has 1 N–H and O–H groups in total. The Labute approximate surface area is 114 Å². The fourth-order valence-corrected chi connectivity index (χ4v) is 1.88. The van der Waals surface area contributed by atoms with E-state index in [9.17, 15) is 5.26 Å². The monoisotopic (exact) mass is 270 g/mol. The molecule has 0 radical (unpaired) electrons. The molecule has 0 saturated carbocycles. The lowest BCUT2D eigenvalue weighted by Crippen LogP contribution is -2.03. The Balaban J connectivity index is 2.06. The summed E-state index contributed by atoms with van der Waals surface area (Å²) in [6.07, 6.45) is 1.49. The van der Waals surface area contributed by atoms with Gasteiger partial charge >= 0.3 is 0 Å². The number of halogens is 1. The van der Waals surface area contributed by atoms with E-state index in [1.165, 1.54) is 6.20 Å². The van der Waals surface area contributed by atoms with Crippen molar-refractivity contribution in [3.8, 4) is 11.8 Å². The zero-order valence-electron chi connectivity index (χ0n) is 9.59. The Morgan fingerprint density at radius 3 is 2.89 bits per heavy atom. The Hall–Kier alpha value is -2.58. The molecule has 0 spiro atoms. The van der Waals surface area contributed by atoms with Crippen molar-refractivity contribution in [2.75, 3.05) is 5.32 Å². The SMILES string of the molecule is N#CC(=C1Nc2ccccc2O1)c1ccnc(Cl)n1. The lowest BCUT2D eigenvalue weighted by Gasteiger charge is -2.03. The van der Waals surface area contributed by atoms with Crippen molar-refractivity contribution < 1.29 is 4.74 Å². The summed E-state index contributed by atoms with van der Waals surface area (Å²) in [5, 5.41) is 12.4. The first-order valence-corrected chi connectivity index (χ1v) is 5.83. The van der Waals surface area contributed by atoms with Crippen molar-refractivity contribution >= 4 is 22.9 Å². The highest BCUT2D eigenvalue weighted by Gasteiger charge is 2.21. The molecular weight excluding hydrogens is 264 g/mol. The first kappa shape index (κ1) is 11.5. The maximum atomic E-state index is 9.28. The molecule has 1 aliphatic heterocycles. The van der Waals surface area contributed by atoms with Gasteiger partial charge < -0.3 is 10.1 Å². The van der Waals surface area contributed by atoms with Crippen molar-refractivity contribution in [1.82, 2.24) is 9.97 Å². The van der Waals surface area contributed by atoms with E-state index in [0.29, 0.717) is 17.3 Å². The zero-order chi connectivity index (χ0) is 13.2. The lowest BCUT2D eigenvalue weighted by atomic mass is 10.2. The molecule has 0 atom stereocenters. The number of para-hydroxylation sites is 2. The fraction of sp³-hybridized carbons (Fsp3) is 0. The minimum Gasteiger partial charge on any atom is -0.437 e. The molecule has 92 valence electrons. The molecule has 6 heteroatoms. The highest BCUT2D eigenvalue weighted by molar-refractivity contribution is 6.28. The van der Waals surface area contributed by atoms with Crippen LogP contribution in [0.25, 0.3) is 5.57 Å².